The molecule has 13 heavy (non-hydrogen) atoms. The Morgan fingerprint density at radius 1 is 1.38 bits per heavy atom. The van der Waals surface area contributed by atoms with Crippen LogP contribution >= 0.6 is 0 Å². The number of rotatable bonds is 2. The summed E-state index contributed by atoms with van der Waals surface area (Å²) in [5.74, 6) is 0.654. The van der Waals surface area contributed by atoms with Gasteiger partial charge in [0, 0.05) is 23.9 Å². The summed E-state index contributed by atoms with van der Waals surface area (Å²) in [6.45, 7) is 12.1. The van der Waals surface area contributed by atoms with Crippen molar-refractivity contribution in [1.29, 1.82) is 0 Å². The van der Waals surface area contributed by atoms with Crippen molar-refractivity contribution < 1.29 is 0 Å². The van der Waals surface area contributed by atoms with Crippen molar-refractivity contribution >= 4 is 0 Å². The molecule has 0 saturated heterocycles. The van der Waals surface area contributed by atoms with Crippen molar-refractivity contribution in [2.75, 3.05) is 0 Å². The molecule has 1 aromatic rings. The normalized spacial score (nSPS) is 12.5. The third-order valence-corrected chi connectivity index (χ3v) is 2.02. The van der Waals surface area contributed by atoms with E-state index >= 15 is 0 Å². The Morgan fingerprint density at radius 3 is 2.46 bits per heavy atom. The molecule has 0 aromatic carbocycles. The highest BCUT2D eigenvalue weighted by atomic mass is 15.3. The Kier molecular flexibility index (Phi) is 2.79. The van der Waals surface area contributed by atoms with Gasteiger partial charge in [-0.1, -0.05) is 34.6 Å². The number of aromatic nitrogens is 2. The molecular formula is C11H20N2. The van der Waals surface area contributed by atoms with Crippen LogP contribution in [0.4, 0.5) is 0 Å². The SMILES string of the molecule is CC(C)Cn1nccc1C(C)(C)C. The van der Waals surface area contributed by atoms with Gasteiger partial charge in [-0.2, -0.15) is 5.10 Å². The molecule has 0 atom stereocenters. The first-order chi connectivity index (χ1) is 5.91. The van der Waals surface area contributed by atoms with Crippen LogP contribution in [-0.4, -0.2) is 9.78 Å². The molecule has 0 fully saturated rings. The van der Waals surface area contributed by atoms with Crippen LogP contribution in [0.25, 0.3) is 0 Å². The van der Waals surface area contributed by atoms with Crippen LogP contribution in [0.15, 0.2) is 12.3 Å². The standard InChI is InChI=1S/C11H20N2/c1-9(2)8-13-10(6-7-12-13)11(3,4)5/h6-7,9H,8H2,1-5H3. The maximum absolute atomic E-state index is 4.34. The second-order valence-electron chi connectivity index (χ2n) is 5.04. The van der Waals surface area contributed by atoms with Gasteiger partial charge in [-0.3, -0.25) is 4.68 Å². The molecule has 0 aliphatic carbocycles. The molecule has 0 radical (unpaired) electrons. The first-order valence-corrected chi connectivity index (χ1v) is 4.93. The molecule has 1 rings (SSSR count). The Hall–Kier alpha value is -0.790. The predicted octanol–water partition coefficient (Wildman–Crippen LogP) is 2.84. The van der Waals surface area contributed by atoms with Crippen molar-refractivity contribution in [3.05, 3.63) is 18.0 Å². The van der Waals surface area contributed by atoms with Crippen LogP contribution < -0.4 is 0 Å². The summed E-state index contributed by atoms with van der Waals surface area (Å²) < 4.78 is 2.12. The van der Waals surface area contributed by atoms with E-state index < -0.39 is 0 Å². The number of nitrogens with zero attached hydrogens (tertiary/aromatic N) is 2. The van der Waals surface area contributed by atoms with Crippen molar-refractivity contribution in [1.82, 2.24) is 9.78 Å². The van der Waals surface area contributed by atoms with E-state index in [1.165, 1.54) is 5.69 Å². The largest absolute Gasteiger partial charge is 0.269 e. The van der Waals surface area contributed by atoms with Gasteiger partial charge in [-0.05, 0) is 12.0 Å². The summed E-state index contributed by atoms with van der Waals surface area (Å²) in [7, 11) is 0. The fraction of sp³-hybridized carbons (Fsp3) is 0.727. The predicted molar refractivity (Wildman–Crippen MR) is 55.8 cm³/mol. The zero-order valence-corrected chi connectivity index (χ0v) is 9.33. The highest BCUT2D eigenvalue weighted by molar-refractivity contribution is 5.11. The van der Waals surface area contributed by atoms with E-state index in [-0.39, 0.29) is 5.41 Å². The van der Waals surface area contributed by atoms with Crippen LogP contribution in [0.1, 0.15) is 40.3 Å². The molecule has 2 nitrogen and oxygen atoms in total. The van der Waals surface area contributed by atoms with Gasteiger partial charge in [0.15, 0.2) is 0 Å². The van der Waals surface area contributed by atoms with E-state index in [0.29, 0.717) is 5.92 Å². The Bertz CT molecular complexity index is 266. The molecule has 0 bridgehead atoms. The maximum atomic E-state index is 4.34. The second-order valence-corrected chi connectivity index (χ2v) is 5.04. The van der Waals surface area contributed by atoms with Crippen LogP contribution in [-0.2, 0) is 12.0 Å². The fourth-order valence-corrected chi connectivity index (χ4v) is 1.46. The van der Waals surface area contributed by atoms with Crippen LogP contribution in [0.3, 0.4) is 0 Å². The monoisotopic (exact) mass is 180 g/mol. The smallest absolute Gasteiger partial charge is 0.0492 e. The molecule has 0 saturated carbocycles. The molecule has 2 heteroatoms. The lowest BCUT2D eigenvalue weighted by Crippen LogP contribution is -2.20. The molecule has 0 aliphatic heterocycles. The van der Waals surface area contributed by atoms with Crippen LogP contribution in [0, 0.1) is 5.92 Å². The summed E-state index contributed by atoms with van der Waals surface area (Å²) in [5, 5.41) is 4.34. The van der Waals surface area contributed by atoms with Crippen molar-refractivity contribution in [3.63, 3.8) is 0 Å². The minimum atomic E-state index is 0.200. The minimum absolute atomic E-state index is 0.200. The highest BCUT2D eigenvalue weighted by Gasteiger charge is 2.18. The number of hydrogen-bond acceptors (Lipinski definition) is 1. The minimum Gasteiger partial charge on any atom is -0.269 e. The summed E-state index contributed by atoms with van der Waals surface area (Å²) in [6.07, 6.45) is 1.89. The third-order valence-electron chi connectivity index (χ3n) is 2.02. The first kappa shape index (κ1) is 10.3. The molecule has 0 N–H and O–H groups in total. The van der Waals surface area contributed by atoms with Gasteiger partial charge < -0.3 is 0 Å². The average Bonchev–Trinajstić information content (AvgIpc) is 2.31. The maximum Gasteiger partial charge on any atom is 0.0492 e. The molecule has 0 spiro atoms. The van der Waals surface area contributed by atoms with E-state index in [1.807, 2.05) is 6.20 Å². The fourth-order valence-electron chi connectivity index (χ4n) is 1.46. The number of hydrogen-bond donors (Lipinski definition) is 0. The van der Waals surface area contributed by atoms with Gasteiger partial charge in [0.05, 0.1) is 0 Å². The topological polar surface area (TPSA) is 17.8 Å². The molecule has 1 heterocycles. The van der Waals surface area contributed by atoms with Gasteiger partial charge in [0.2, 0.25) is 0 Å². The molecule has 0 unspecified atom stereocenters. The second kappa shape index (κ2) is 3.52. The van der Waals surface area contributed by atoms with Crippen molar-refractivity contribution in [2.24, 2.45) is 5.92 Å². The summed E-state index contributed by atoms with van der Waals surface area (Å²) >= 11 is 0. The lowest BCUT2D eigenvalue weighted by Gasteiger charge is -2.21. The van der Waals surface area contributed by atoms with Gasteiger partial charge in [0.1, 0.15) is 0 Å². The van der Waals surface area contributed by atoms with E-state index in [2.05, 4.69) is 50.5 Å². The van der Waals surface area contributed by atoms with E-state index in [9.17, 15) is 0 Å². The lowest BCUT2D eigenvalue weighted by atomic mass is 9.92. The van der Waals surface area contributed by atoms with Gasteiger partial charge in [-0.25, -0.2) is 0 Å². The van der Waals surface area contributed by atoms with Gasteiger partial charge >= 0.3 is 0 Å². The van der Waals surface area contributed by atoms with E-state index in [4.69, 9.17) is 0 Å². The Balaban J connectivity index is 2.90. The third kappa shape index (κ3) is 2.58. The lowest BCUT2D eigenvalue weighted by molar-refractivity contribution is 0.428. The zero-order valence-electron chi connectivity index (χ0n) is 9.33. The first-order valence-electron chi connectivity index (χ1n) is 4.93. The Morgan fingerprint density at radius 2 is 2.00 bits per heavy atom. The average molecular weight is 180 g/mol. The van der Waals surface area contributed by atoms with Crippen molar-refractivity contribution in [2.45, 2.75) is 46.6 Å². The van der Waals surface area contributed by atoms with Crippen molar-refractivity contribution in [3.8, 4) is 0 Å². The van der Waals surface area contributed by atoms with Crippen LogP contribution in [0.5, 0.6) is 0 Å². The molecule has 1 aromatic heterocycles. The van der Waals surface area contributed by atoms with Gasteiger partial charge in [0.25, 0.3) is 0 Å². The van der Waals surface area contributed by atoms with E-state index in [0.717, 1.165) is 6.54 Å². The molecule has 74 valence electrons. The van der Waals surface area contributed by atoms with Crippen LogP contribution in [0.2, 0.25) is 0 Å². The van der Waals surface area contributed by atoms with E-state index in [1.54, 1.807) is 0 Å². The summed E-state index contributed by atoms with van der Waals surface area (Å²) in [4.78, 5) is 0. The molecular weight excluding hydrogens is 160 g/mol. The van der Waals surface area contributed by atoms with Gasteiger partial charge in [-0.15, -0.1) is 0 Å². The quantitative estimate of drug-likeness (QED) is 0.684. The molecule has 0 aliphatic rings. The highest BCUT2D eigenvalue weighted by Crippen LogP contribution is 2.21. The summed E-state index contributed by atoms with van der Waals surface area (Å²) in [6, 6.07) is 2.11. The summed E-state index contributed by atoms with van der Waals surface area (Å²) in [5.41, 5.74) is 1.52. The zero-order chi connectivity index (χ0) is 10.1. The Labute approximate surface area is 81.0 Å². The molecule has 0 amide bonds.